The van der Waals surface area contributed by atoms with Crippen LogP contribution in [0.5, 0.6) is 0 Å². The van der Waals surface area contributed by atoms with Crippen LogP contribution in [0.1, 0.15) is 8.42 Å². The van der Waals surface area contributed by atoms with Gasteiger partial charge in [-0.15, -0.1) is 0 Å². The Kier molecular flexibility index (Phi) is 6.49. The fourth-order valence-corrected chi connectivity index (χ4v) is 3.11. The van der Waals surface area contributed by atoms with Gasteiger partial charge in [0.15, 0.2) is 0 Å². The molecule has 1 aromatic carbocycles. The van der Waals surface area contributed by atoms with Crippen molar-refractivity contribution in [2.24, 2.45) is 0 Å². The van der Waals surface area contributed by atoms with Crippen molar-refractivity contribution in [2.75, 3.05) is 19.0 Å². The maximum absolute atomic E-state index is 2.42. The van der Waals surface area contributed by atoms with Crippen LogP contribution in [-0.4, -0.2) is 59.9 Å². The molecule has 1 aromatic rings. The molecule has 0 aliphatic rings. The molecule has 0 spiro atoms. The van der Waals surface area contributed by atoms with Crippen LogP contribution in [0.25, 0.3) is 0 Å². The molecule has 0 radical (unpaired) electrons. The molecule has 82 valence electrons. The van der Waals surface area contributed by atoms with Crippen LogP contribution < -0.4 is 4.90 Å². The molecule has 0 bridgehead atoms. The molecule has 1 rings (SSSR count). The van der Waals surface area contributed by atoms with Gasteiger partial charge >= 0.3 is 37.7 Å². The van der Waals surface area contributed by atoms with Crippen molar-refractivity contribution in [2.45, 2.75) is 25.7 Å². The van der Waals surface area contributed by atoms with Gasteiger partial charge < -0.3 is 7.75 Å². The van der Waals surface area contributed by atoms with Gasteiger partial charge in [-0.2, -0.15) is 0 Å². The molecule has 0 aliphatic carbocycles. The molecule has 0 heterocycles. The van der Waals surface area contributed by atoms with Crippen molar-refractivity contribution in [1.29, 1.82) is 0 Å². The summed E-state index contributed by atoms with van der Waals surface area (Å²) in [5.41, 5.74) is 2.87. The van der Waals surface area contributed by atoms with Crippen LogP contribution in [0.4, 0.5) is 5.69 Å². The normalized spacial score (nSPS) is 10.7. The quantitative estimate of drug-likeness (QED) is 0.744. The maximum Gasteiger partial charge on any atom is 2.00 e. The molecule has 1 nitrogen and oxygen atoms in total. The van der Waals surface area contributed by atoms with E-state index in [0.29, 0.717) is 0 Å². The number of hydrogen-bond donors (Lipinski definition) is 0. The molecule has 0 aliphatic heterocycles. The number of hydrogen-bond acceptors (Lipinski definition) is 1. The maximum atomic E-state index is 2.42. The second kappa shape index (κ2) is 6.29. The minimum absolute atomic E-state index is 0. The van der Waals surface area contributed by atoms with E-state index < -0.39 is 8.07 Å². The molecule has 0 unspecified atom stereocenters. The van der Waals surface area contributed by atoms with Gasteiger partial charge in [0.2, 0.25) is 0 Å². The van der Waals surface area contributed by atoms with Crippen molar-refractivity contribution in [3.63, 3.8) is 0 Å². The molecule has 15 heavy (non-hydrogen) atoms. The largest absolute Gasteiger partial charge is 2.00 e. The van der Waals surface area contributed by atoms with Gasteiger partial charge in [-0.05, 0) is 17.7 Å². The summed E-state index contributed by atoms with van der Waals surface area (Å²) in [5, 5.41) is 0. The van der Waals surface area contributed by atoms with Crippen molar-refractivity contribution in [3.05, 3.63) is 29.8 Å². The topological polar surface area (TPSA) is 3.24 Å². The minimum Gasteiger partial charge on any atom is -1.00 e. The van der Waals surface area contributed by atoms with Gasteiger partial charge in [-0.3, -0.25) is 0 Å². The molecule has 0 N–H and O–H groups in total. The van der Waals surface area contributed by atoms with Crippen LogP contribution in [0.15, 0.2) is 24.3 Å². The third kappa shape index (κ3) is 5.39. The summed E-state index contributed by atoms with van der Waals surface area (Å²) >= 11 is 0. The number of anilines is 1. The van der Waals surface area contributed by atoms with Gasteiger partial charge in [-0.25, -0.2) is 0 Å². The van der Waals surface area contributed by atoms with Gasteiger partial charge in [-0.1, -0.05) is 37.8 Å². The van der Waals surface area contributed by atoms with E-state index in [1.54, 1.807) is 0 Å². The van der Waals surface area contributed by atoms with Crippen molar-refractivity contribution in [1.82, 2.24) is 0 Å². The first-order valence-corrected chi connectivity index (χ1v) is 8.86. The third-order valence-electron chi connectivity index (χ3n) is 2.19. The predicted molar refractivity (Wildman–Crippen MR) is 75.8 cm³/mol. The Morgan fingerprint density at radius 3 is 2.13 bits per heavy atom. The standard InChI is InChI=1S/C12H21NSi.Ca.2H/c1-13(2)12-9-7-6-8-11(12)10-14(3,4)5;;;/h6-9H,10H2,1-5H3;;;/q;+2;2*-1. The van der Waals surface area contributed by atoms with Crippen molar-refractivity contribution in [3.8, 4) is 0 Å². The zero-order valence-corrected chi connectivity index (χ0v) is 13.9. The minimum atomic E-state index is -1.00. The second-order valence-corrected chi connectivity index (χ2v) is 10.7. The fourth-order valence-electron chi connectivity index (χ4n) is 1.67. The SMILES string of the molecule is CN(C)c1ccccc1C[Si](C)(C)C.[Ca+2].[H-].[H-]. The molecule has 0 aromatic heterocycles. The smallest absolute Gasteiger partial charge is 1.00 e. The summed E-state index contributed by atoms with van der Waals surface area (Å²) in [5.74, 6) is 0. The van der Waals surface area contributed by atoms with E-state index in [1.807, 2.05) is 0 Å². The van der Waals surface area contributed by atoms with Gasteiger partial charge in [0.1, 0.15) is 0 Å². The van der Waals surface area contributed by atoms with Gasteiger partial charge in [0, 0.05) is 27.9 Å². The van der Waals surface area contributed by atoms with E-state index in [4.69, 9.17) is 0 Å². The summed E-state index contributed by atoms with van der Waals surface area (Å²) in [6.07, 6.45) is 0. The predicted octanol–water partition coefficient (Wildman–Crippen LogP) is 3.02. The van der Waals surface area contributed by atoms with Crippen LogP contribution >= 0.6 is 0 Å². The van der Waals surface area contributed by atoms with E-state index in [-0.39, 0.29) is 40.6 Å². The Morgan fingerprint density at radius 2 is 1.67 bits per heavy atom. The third-order valence-corrected chi connectivity index (χ3v) is 3.64. The molecule has 0 saturated carbocycles. The van der Waals surface area contributed by atoms with Gasteiger partial charge in [0.05, 0.1) is 0 Å². The average molecular weight is 249 g/mol. The molecule has 0 fully saturated rings. The van der Waals surface area contributed by atoms with E-state index >= 15 is 0 Å². The fraction of sp³-hybridized carbons (Fsp3) is 0.500. The van der Waals surface area contributed by atoms with Crippen LogP contribution in [-0.2, 0) is 6.04 Å². The monoisotopic (exact) mass is 249 g/mol. The molecular formula is C12H23CaNSi. The Bertz CT molecular complexity index is 314. The van der Waals surface area contributed by atoms with Crippen LogP contribution in [0, 0.1) is 0 Å². The Morgan fingerprint density at radius 1 is 1.13 bits per heavy atom. The number of benzene rings is 1. The summed E-state index contributed by atoms with van der Waals surface area (Å²) in [6, 6.07) is 9.98. The van der Waals surface area contributed by atoms with Crippen molar-refractivity contribution < 1.29 is 2.85 Å². The number of rotatable bonds is 3. The molecular weight excluding hydrogens is 226 g/mol. The van der Waals surface area contributed by atoms with Crippen molar-refractivity contribution >= 4 is 51.5 Å². The number of nitrogens with zero attached hydrogens (tertiary/aromatic N) is 1. The van der Waals surface area contributed by atoms with Crippen LogP contribution in [0.3, 0.4) is 0 Å². The first kappa shape index (κ1) is 15.5. The first-order valence-electron chi connectivity index (χ1n) is 5.15. The second-order valence-electron chi connectivity index (χ2n) is 5.26. The Hall–Kier alpha value is 0.497. The zero-order valence-electron chi connectivity index (χ0n) is 12.7. The molecule has 0 amide bonds. The van der Waals surface area contributed by atoms with E-state index in [2.05, 4.69) is 62.9 Å². The van der Waals surface area contributed by atoms with E-state index in [1.165, 1.54) is 17.3 Å². The Balaban J connectivity index is -0.000000653. The molecule has 3 heteroatoms. The van der Waals surface area contributed by atoms with Crippen LogP contribution in [0.2, 0.25) is 19.6 Å². The zero-order chi connectivity index (χ0) is 10.8. The summed E-state index contributed by atoms with van der Waals surface area (Å²) in [7, 11) is 3.23. The van der Waals surface area contributed by atoms with E-state index in [9.17, 15) is 0 Å². The Labute approximate surface area is 128 Å². The summed E-state index contributed by atoms with van der Waals surface area (Å²) in [6.45, 7) is 7.25. The number of para-hydroxylation sites is 1. The van der Waals surface area contributed by atoms with Gasteiger partial charge in [0.25, 0.3) is 0 Å². The summed E-state index contributed by atoms with van der Waals surface area (Å²) < 4.78 is 0. The first-order chi connectivity index (χ1) is 6.40. The molecule has 0 saturated heterocycles. The molecule has 0 atom stereocenters. The average Bonchev–Trinajstić information content (AvgIpc) is 2.01. The summed E-state index contributed by atoms with van der Waals surface area (Å²) in [4.78, 5) is 2.20. The van der Waals surface area contributed by atoms with E-state index in [0.717, 1.165) is 0 Å².